The molecule has 3 saturated carbocycles. The van der Waals surface area contributed by atoms with Gasteiger partial charge in [0.2, 0.25) is 0 Å². The summed E-state index contributed by atoms with van der Waals surface area (Å²) in [5.41, 5.74) is 0.124. The average Bonchev–Trinajstić information content (AvgIpc) is 2.45. The summed E-state index contributed by atoms with van der Waals surface area (Å²) < 4.78 is 0. The van der Waals surface area contributed by atoms with Crippen molar-refractivity contribution >= 4 is 0 Å². The Morgan fingerprint density at radius 3 is 2.55 bits per heavy atom. The normalized spacial score (nSPS) is 50.6. The first kappa shape index (κ1) is 16.8. The topological polar surface area (TPSA) is 40.5 Å². The summed E-state index contributed by atoms with van der Waals surface area (Å²) in [6.45, 7) is 9.56. The number of aliphatic hydroxyl groups is 2. The van der Waals surface area contributed by atoms with E-state index in [0.717, 1.165) is 30.1 Å². The van der Waals surface area contributed by atoms with Crippen LogP contribution in [0, 0.1) is 46.8 Å². The van der Waals surface area contributed by atoms with Gasteiger partial charge in [-0.3, -0.25) is 0 Å². The summed E-state index contributed by atoms with van der Waals surface area (Å²) in [5.74, 6) is 4.66. The van der Waals surface area contributed by atoms with Crippen molar-refractivity contribution in [3.63, 3.8) is 0 Å². The molecule has 0 aromatic rings. The molecule has 3 rings (SSSR count). The highest BCUT2D eigenvalue weighted by molar-refractivity contribution is 5.15. The van der Waals surface area contributed by atoms with Gasteiger partial charge in [-0.25, -0.2) is 0 Å². The number of hydrogen-bond acceptors (Lipinski definition) is 2. The molecular formula is C20H36O2. The molecule has 0 radical (unpaired) electrons. The summed E-state index contributed by atoms with van der Waals surface area (Å²) >= 11 is 0. The zero-order chi connectivity index (χ0) is 16.1. The zero-order valence-electron chi connectivity index (χ0n) is 15.0. The summed E-state index contributed by atoms with van der Waals surface area (Å²) in [5, 5.41) is 20.9. The van der Waals surface area contributed by atoms with Gasteiger partial charge in [-0.15, -0.1) is 0 Å². The molecule has 128 valence electrons. The van der Waals surface area contributed by atoms with Crippen molar-refractivity contribution in [3.8, 4) is 0 Å². The van der Waals surface area contributed by atoms with E-state index in [1.54, 1.807) is 0 Å². The predicted octanol–water partition coefficient (Wildman–Crippen LogP) is 4.10. The van der Waals surface area contributed by atoms with E-state index in [4.69, 9.17) is 0 Å². The van der Waals surface area contributed by atoms with Crippen LogP contribution < -0.4 is 0 Å². The Labute approximate surface area is 136 Å². The summed E-state index contributed by atoms with van der Waals surface area (Å²) in [4.78, 5) is 0. The lowest BCUT2D eigenvalue weighted by Gasteiger charge is -2.71. The van der Waals surface area contributed by atoms with Crippen LogP contribution in [-0.2, 0) is 0 Å². The van der Waals surface area contributed by atoms with Gasteiger partial charge >= 0.3 is 0 Å². The molecule has 0 aromatic carbocycles. The number of aliphatic hydroxyl groups excluding tert-OH is 2. The van der Waals surface area contributed by atoms with Gasteiger partial charge in [-0.05, 0) is 60.7 Å². The summed E-state index contributed by atoms with van der Waals surface area (Å²) in [7, 11) is 0. The SMILES string of the molecule is CC(C)CCC[C@]1(CO)[C@@H]2[C@H](C)[C@@H](O)C[C@H]3[C@@H]2[C@@H]1CC[C@H]3C. The van der Waals surface area contributed by atoms with Gasteiger partial charge in [-0.1, -0.05) is 47.0 Å². The largest absolute Gasteiger partial charge is 0.396 e. The molecule has 2 heteroatoms. The van der Waals surface area contributed by atoms with Crippen LogP contribution in [0.4, 0.5) is 0 Å². The van der Waals surface area contributed by atoms with Gasteiger partial charge < -0.3 is 10.2 Å². The van der Waals surface area contributed by atoms with Crippen LogP contribution in [0.25, 0.3) is 0 Å². The Bertz CT molecular complexity index is 393. The van der Waals surface area contributed by atoms with Crippen molar-refractivity contribution in [3.05, 3.63) is 0 Å². The second kappa shape index (κ2) is 6.09. The zero-order valence-corrected chi connectivity index (χ0v) is 15.0. The van der Waals surface area contributed by atoms with E-state index in [-0.39, 0.29) is 11.5 Å². The molecule has 0 heterocycles. The van der Waals surface area contributed by atoms with E-state index < -0.39 is 0 Å². The molecular weight excluding hydrogens is 272 g/mol. The van der Waals surface area contributed by atoms with Gasteiger partial charge in [0, 0.05) is 12.0 Å². The van der Waals surface area contributed by atoms with E-state index in [1.165, 1.54) is 32.1 Å². The second-order valence-corrected chi connectivity index (χ2v) is 9.27. The minimum atomic E-state index is -0.149. The first-order valence-corrected chi connectivity index (χ1v) is 9.71. The van der Waals surface area contributed by atoms with Crippen molar-refractivity contribution in [2.24, 2.45) is 46.8 Å². The Balaban J connectivity index is 1.81. The third kappa shape index (κ3) is 2.36. The Kier molecular flexibility index (Phi) is 4.64. The molecule has 0 aromatic heterocycles. The van der Waals surface area contributed by atoms with Crippen molar-refractivity contribution in [1.82, 2.24) is 0 Å². The molecule has 3 fully saturated rings. The van der Waals surface area contributed by atoms with E-state index in [0.29, 0.717) is 24.4 Å². The number of hydrogen-bond donors (Lipinski definition) is 2. The van der Waals surface area contributed by atoms with Gasteiger partial charge in [0.25, 0.3) is 0 Å². The van der Waals surface area contributed by atoms with Gasteiger partial charge in [-0.2, -0.15) is 0 Å². The Morgan fingerprint density at radius 1 is 1.18 bits per heavy atom. The van der Waals surface area contributed by atoms with Crippen LogP contribution >= 0.6 is 0 Å². The maximum absolute atomic E-state index is 10.6. The first-order valence-electron chi connectivity index (χ1n) is 9.71. The lowest BCUT2D eigenvalue weighted by atomic mass is 9.34. The molecule has 0 unspecified atom stereocenters. The van der Waals surface area contributed by atoms with Crippen molar-refractivity contribution < 1.29 is 10.2 Å². The minimum absolute atomic E-state index is 0.124. The average molecular weight is 309 g/mol. The van der Waals surface area contributed by atoms with Crippen LogP contribution in [-0.4, -0.2) is 22.9 Å². The van der Waals surface area contributed by atoms with E-state index >= 15 is 0 Å². The van der Waals surface area contributed by atoms with Gasteiger partial charge in [0.1, 0.15) is 0 Å². The molecule has 2 N–H and O–H groups in total. The smallest absolute Gasteiger partial charge is 0.0571 e. The third-order valence-corrected chi connectivity index (χ3v) is 7.85. The molecule has 0 bridgehead atoms. The van der Waals surface area contributed by atoms with E-state index in [2.05, 4.69) is 27.7 Å². The van der Waals surface area contributed by atoms with E-state index in [1.807, 2.05) is 0 Å². The molecule has 22 heavy (non-hydrogen) atoms. The van der Waals surface area contributed by atoms with E-state index in [9.17, 15) is 10.2 Å². The summed E-state index contributed by atoms with van der Waals surface area (Å²) in [6, 6.07) is 0. The van der Waals surface area contributed by atoms with Crippen LogP contribution in [0.1, 0.15) is 66.2 Å². The number of rotatable bonds is 5. The van der Waals surface area contributed by atoms with Gasteiger partial charge in [0.05, 0.1) is 6.10 Å². The lowest BCUT2D eigenvalue weighted by Crippen LogP contribution is -2.68. The molecule has 0 saturated heterocycles. The molecule has 2 nitrogen and oxygen atoms in total. The maximum atomic E-state index is 10.6. The van der Waals surface area contributed by atoms with Crippen LogP contribution in [0.15, 0.2) is 0 Å². The fraction of sp³-hybridized carbons (Fsp3) is 1.00. The molecule has 0 spiro atoms. The molecule has 8 atom stereocenters. The highest BCUT2D eigenvalue weighted by Gasteiger charge is 2.67. The van der Waals surface area contributed by atoms with Crippen LogP contribution in [0.2, 0.25) is 0 Å². The Hall–Kier alpha value is -0.0800. The fourth-order valence-electron chi connectivity index (χ4n) is 6.72. The Morgan fingerprint density at radius 2 is 1.91 bits per heavy atom. The highest BCUT2D eigenvalue weighted by atomic mass is 16.3. The van der Waals surface area contributed by atoms with Crippen molar-refractivity contribution in [1.29, 1.82) is 0 Å². The van der Waals surface area contributed by atoms with Crippen molar-refractivity contribution in [2.45, 2.75) is 72.3 Å². The molecule has 3 aliphatic rings. The van der Waals surface area contributed by atoms with Gasteiger partial charge in [0.15, 0.2) is 0 Å². The molecule has 3 aliphatic carbocycles. The minimum Gasteiger partial charge on any atom is -0.396 e. The van der Waals surface area contributed by atoms with Crippen molar-refractivity contribution in [2.75, 3.05) is 6.61 Å². The second-order valence-electron chi connectivity index (χ2n) is 9.27. The third-order valence-electron chi connectivity index (χ3n) is 7.85. The maximum Gasteiger partial charge on any atom is 0.0571 e. The highest BCUT2D eigenvalue weighted by Crippen LogP contribution is 2.70. The molecule has 0 amide bonds. The standard InChI is InChI=1S/C20H36O2/c1-12(2)6-5-9-20(11-21)16-8-7-13(3)15-10-17(22)14(4)19(20)18(15)16/h12-19,21-22H,5-11H2,1-4H3/t13-,14-,15-,16+,17+,18-,19-,20-/m1/s1. The van der Waals surface area contributed by atoms with Crippen LogP contribution in [0.3, 0.4) is 0 Å². The quantitative estimate of drug-likeness (QED) is 0.802. The lowest BCUT2D eigenvalue weighted by molar-refractivity contribution is -0.260. The van der Waals surface area contributed by atoms with Crippen LogP contribution in [0.5, 0.6) is 0 Å². The first-order chi connectivity index (χ1) is 10.4. The fourth-order valence-corrected chi connectivity index (χ4v) is 6.72. The predicted molar refractivity (Wildman–Crippen MR) is 90.4 cm³/mol. The summed E-state index contributed by atoms with van der Waals surface area (Å²) in [6.07, 6.45) is 7.14. The monoisotopic (exact) mass is 308 g/mol. The molecule has 0 aliphatic heterocycles.